The summed E-state index contributed by atoms with van der Waals surface area (Å²) < 4.78 is 16.1. The summed E-state index contributed by atoms with van der Waals surface area (Å²) in [4.78, 5) is 2.36. The van der Waals surface area contributed by atoms with Crippen LogP contribution in [0.15, 0.2) is 36.7 Å². The Labute approximate surface area is 152 Å². The van der Waals surface area contributed by atoms with Crippen molar-refractivity contribution in [1.29, 1.82) is 0 Å². The van der Waals surface area contributed by atoms with E-state index in [1.807, 2.05) is 18.2 Å². The average molecular weight is 354 g/mol. The first kappa shape index (κ1) is 16.9. The van der Waals surface area contributed by atoms with Crippen molar-refractivity contribution in [1.82, 2.24) is 24.7 Å². The van der Waals surface area contributed by atoms with E-state index >= 15 is 0 Å². The molecule has 6 nitrogen and oxygen atoms in total. The number of halogens is 1. The Morgan fingerprint density at radius 1 is 1.23 bits per heavy atom. The van der Waals surface area contributed by atoms with Gasteiger partial charge in [-0.05, 0) is 44.5 Å². The molecule has 1 saturated heterocycles. The lowest BCUT2D eigenvalue weighted by atomic mass is 10.0. The van der Waals surface area contributed by atoms with E-state index in [-0.39, 0.29) is 11.9 Å². The van der Waals surface area contributed by atoms with E-state index in [1.54, 1.807) is 16.9 Å². The monoisotopic (exact) mass is 354 g/mol. The Morgan fingerprint density at radius 3 is 2.81 bits per heavy atom. The summed E-state index contributed by atoms with van der Waals surface area (Å²) in [6, 6.07) is 9.06. The highest BCUT2D eigenvalue weighted by Crippen LogP contribution is 2.28. The molecule has 1 aliphatic rings. The Morgan fingerprint density at radius 2 is 2.04 bits per heavy atom. The number of nitrogens with one attached hydrogen (secondary N) is 1. The van der Waals surface area contributed by atoms with Crippen molar-refractivity contribution >= 4 is 11.3 Å². The minimum absolute atomic E-state index is 0.0140. The molecule has 0 spiro atoms. The lowest BCUT2D eigenvalue weighted by Gasteiger charge is -2.29. The van der Waals surface area contributed by atoms with E-state index in [0.29, 0.717) is 12.2 Å². The summed E-state index contributed by atoms with van der Waals surface area (Å²) >= 11 is 0. The largest absolute Gasteiger partial charge is 0.380 e. The van der Waals surface area contributed by atoms with Crippen molar-refractivity contribution in [2.75, 3.05) is 25.0 Å². The molecular weight excluding hydrogens is 331 g/mol. The standard InChI is InChI=1S/C19H23FN6/c1-2-14-11-17(19-23-22-13-26(19)24-14)21-12-18(25-9-5-6-10-25)15-7-3-4-8-16(15)20/h3-4,7-8,11,13,18,21H,2,5-6,9-10,12H2,1H3. The first-order chi connectivity index (χ1) is 12.8. The Kier molecular flexibility index (Phi) is 4.79. The van der Waals surface area contributed by atoms with Gasteiger partial charge >= 0.3 is 0 Å². The quantitative estimate of drug-likeness (QED) is 0.737. The van der Waals surface area contributed by atoms with Gasteiger partial charge in [0, 0.05) is 12.1 Å². The first-order valence-electron chi connectivity index (χ1n) is 9.18. The smallest absolute Gasteiger partial charge is 0.200 e. The number of rotatable bonds is 6. The zero-order valence-electron chi connectivity index (χ0n) is 14.9. The van der Waals surface area contributed by atoms with Crippen LogP contribution in [0.2, 0.25) is 0 Å². The molecule has 0 aliphatic carbocycles. The fraction of sp³-hybridized carbons (Fsp3) is 0.421. The van der Waals surface area contributed by atoms with Gasteiger partial charge < -0.3 is 5.32 Å². The van der Waals surface area contributed by atoms with Crippen LogP contribution < -0.4 is 5.32 Å². The van der Waals surface area contributed by atoms with E-state index in [1.165, 1.54) is 6.07 Å². The van der Waals surface area contributed by atoms with Crippen molar-refractivity contribution < 1.29 is 4.39 Å². The van der Waals surface area contributed by atoms with Crippen LogP contribution in [-0.2, 0) is 6.42 Å². The van der Waals surface area contributed by atoms with Gasteiger partial charge in [0.1, 0.15) is 12.1 Å². The molecule has 1 atom stereocenters. The number of aromatic nitrogens is 4. The summed E-state index contributed by atoms with van der Waals surface area (Å²) in [6.07, 6.45) is 4.75. The predicted molar refractivity (Wildman–Crippen MR) is 98.6 cm³/mol. The Balaban J connectivity index is 1.63. The van der Waals surface area contributed by atoms with E-state index < -0.39 is 0 Å². The first-order valence-corrected chi connectivity index (χ1v) is 9.18. The van der Waals surface area contributed by atoms with Crippen molar-refractivity contribution in [3.8, 4) is 0 Å². The van der Waals surface area contributed by atoms with Crippen LogP contribution in [0, 0.1) is 5.82 Å². The lowest BCUT2D eigenvalue weighted by Crippen LogP contribution is -2.31. The van der Waals surface area contributed by atoms with Crippen LogP contribution in [0.25, 0.3) is 5.65 Å². The van der Waals surface area contributed by atoms with Gasteiger partial charge in [-0.2, -0.15) is 9.61 Å². The molecule has 1 N–H and O–H groups in total. The van der Waals surface area contributed by atoms with Crippen molar-refractivity contribution in [3.05, 3.63) is 53.7 Å². The number of fused-ring (bicyclic) bond motifs is 1. The van der Waals surface area contributed by atoms with Crippen LogP contribution >= 0.6 is 0 Å². The zero-order chi connectivity index (χ0) is 17.9. The highest BCUT2D eigenvalue weighted by molar-refractivity contribution is 5.66. The summed E-state index contributed by atoms with van der Waals surface area (Å²) in [7, 11) is 0. The molecule has 4 rings (SSSR count). The van der Waals surface area contributed by atoms with Gasteiger partial charge in [0.15, 0.2) is 0 Å². The second-order valence-electron chi connectivity index (χ2n) is 6.66. The molecule has 7 heteroatoms. The topological polar surface area (TPSA) is 58.3 Å². The molecule has 0 amide bonds. The third kappa shape index (κ3) is 3.26. The average Bonchev–Trinajstić information content (AvgIpc) is 3.34. The number of anilines is 1. The van der Waals surface area contributed by atoms with E-state index in [9.17, 15) is 4.39 Å². The minimum Gasteiger partial charge on any atom is -0.380 e. The Hall–Kier alpha value is -2.54. The van der Waals surface area contributed by atoms with Crippen molar-refractivity contribution in [2.24, 2.45) is 0 Å². The second-order valence-corrected chi connectivity index (χ2v) is 6.66. The van der Waals surface area contributed by atoms with Crippen LogP contribution in [0.4, 0.5) is 10.1 Å². The number of hydrogen-bond acceptors (Lipinski definition) is 5. The van der Waals surface area contributed by atoms with Gasteiger partial charge in [-0.1, -0.05) is 25.1 Å². The molecule has 0 bridgehead atoms. The van der Waals surface area contributed by atoms with Gasteiger partial charge in [-0.3, -0.25) is 4.90 Å². The molecule has 136 valence electrons. The van der Waals surface area contributed by atoms with Gasteiger partial charge in [0.05, 0.1) is 17.4 Å². The molecule has 0 saturated carbocycles. The molecule has 3 heterocycles. The van der Waals surface area contributed by atoms with E-state index in [4.69, 9.17) is 0 Å². The SMILES string of the molecule is CCc1cc(NCC(c2ccccc2F)N2CCCC2)c2nncn2n1. The summed E-state index contributed by atoms with van der Waals surface area (Å²) in [5.74, 6) is -0.150. The molecule has 2 aromatic heterocycles. The Bertz CT molecular complexity index is 887. The maximum atomic E-state index is 14.5. The molecule has 1 unspecified atom stereocenters. The fourth-order valence-corrected chi connectivity index (χ4v) is 3.62. The summed E-state index contributed by atoms with van der Waals surface area (Å²) in [6.45, 7) is 4.67. The molecule has 1 aliphatic heterocycles. The summed E-state index contributed by atoms with van der Waals surface area (Å²) in [5.41, 5.74) is 3.28. The fourth-order valence-electron chi connectivity index (χ4n) is 3.62. The van der Waals surface area contributed by atoms with Gasteiger partial charge in [-0.25, -0.2) is 4.39 Å². The molecule has 3 aromatic rings. The van der Waals surface area contributed by atoms with Gasteiger partial charge in [-0.15, -0.1) is 10.2 Å². The highest BCUT2D eigenvalue weighted by Gasteiger charge is 2.25. The van der Waals surface area contributed by atoms with Crippen LogP contribution in [0.5, 0.6) is 0 Å². The van der Waals surface area contributed by atoms with Gasteiger partial charge in [0.25, 0.3) is 0 Å². The predicted octanol–water partition coefficient (Wildman–Crippen LogP) is 3.07. The van der Waals surface area contributed by atoms with Crippen molar-refractivity contribution in [3.63, 3.8) is 0 Å². The normalized spacial score (nSPS) is 16.2. The zero-order valence-corrected chi connectivity index (χ0v) is 14.9. The lowest BCUT2D eigenvalue weighted by molar-refractivity contribution is 0.250. The number of likely N-dealkylation sites (tertiary alicyclic amines) is 1. The highest BCUT2D eigenvalue weighted by atomic mass is 19.1. The third-order valence-electron chi connectivity index (χ3n) is 5.01. The maximum Gasteiger partial charge on any atom is 0.200 e. The molecule has 0 radical (unpaired) electrons. The van der Waals surface area contributed by atoms with Crippen LogP contribution in [0.1, 0.15) is 37.1 Å². The maximum absolute atomic E-state index is 14.5. The van der Waals surface area contributed by atoms with Crippen LogP contribution in [-0.4, -0.2) is 44.3 Å². The second kappa shape index (κ2) is 7.37. The molecule has 26 heavy (non-hydrogen) atoms. The number of aryl methyl sites for hydroxylation is 1. The summed E-state index contributed by atoms with van der Waals surface area (Å²) in [5, 5.41) is 16.1. The third-order valence-corrected chi connectivity index (χ3v) is 5.01. The van der Waals surface area contributed by atoms with Crippen LogP contribution in [0.3, 0.4) is 0 Å². The van der Waals surface area contributed by atoms with Crippen molar-refractivity contribution in [2.45, 2.75) is 32.2 Å². The number of hydrogen-bond donors (Lipinski definition) is 1. The van der Waals surface area contributed by atoms with E-state index in [2.05, 4.69) is 32.4 Å². The molecule has 1 aromatic carbocycles. The number of benzene rings is 1. The minimum atomic E-state index is -0.150. The van der Waals surface area contributed by atoms with Gasteiger partial charge in [0.2, 0.25) is 5.65 Å². The molecule has 1 fully saturated rings. The number of nitrogens with zero attached hydrogens (tertiary/aromatic N) is 5. The van der Waals surface area contributed by atoms with E-state index in [0.717, 1.165) is 49.3 Å². The molecular formula is C19H23FN6.